The Morgan fingerprint density at radius 2 is 1.82 bits per heavy atom. The van der Waals surface area contributed by atoms with Gasteiger partial charge in [0.1, 0.15) is 0 Å². The zero-order valence-electron chi connectivity index (χ0n) is 5.70. The maximum absolute atomic E-state index is 5.92. The van der Waals surface area contributed by atoms with Gasteiger partial charge < -0.3 is 0 Å². The average Bonchev–Trinajstić information content (AvgIpc) is 1.99. The largest absolute Gasteiger partial charge is 0.127 e. The van der Waals surface area contributed by atoms with Gasteiger partial charge in [-0.3, -0.25) is 0 Å². The van der Waals surface area contributed by atoms with Gasteiger partial charge in [0.2, 0.25) is 0 Å². The maximum Gasteiger partial charge on any atom is 0.0553 e. The van der Waals surface area contributed by atoms with Crippen LogP contribution in [0.2, 0.25) is 10.0 Å². The second-order valence-corrected chi connectivity index (χ2v) is 4.59. The lowest BCUT2D eigenvalue weighted by Gasteiger charge is -2.04. The van der Waals surface area contributed by atoms with E-state index >= 15 is 0 Å². The van der Waals surface area contributed by atoms with E-state index in [1.54, 1.807) is 11.8 Å². The van der Waals surface area contributed by atoms with Crippen LogP contribution in [0.1, 0.15) is 0 Å². The summed E-state index contributed by atoms with van der Waals surface area (Å²) in [6, 6.07) is 3.63. The van der Waals surface area contributed by atoms with Crippen molar-refractivity contribution in [3.8, 4) is 0 Å². The predicted molar refractivity (Wildman–Crippen MR) is 61.0 cm³/mol. The molecule has 0 spiro atoms. The second kappa shape index (κ2) is 4.21. The fourth-order valence-corrected chi connectivity index (χ4v) is 3.14. The Hall–Kier alpha value is 0.880. The molecule has 4 heteroatoms. The third-order valence-electron chi connectivity index (χ3n) is 1.21. The quantitative estimate of drug-likeness (QED) is 0.422. The van der Waals surface area contributed by atoms with Gasteiger partial charge in [0, 0.05) is 8.47 Å². The summed E-state index contributed by atoms with van der Waals surface area (Å²) in [7, 11) is 0. The Kier molecular flexibility index (Phi) is 3.81. The van der Waals surface area contributed by atoms with Crippen LogP contribution in [0.15, 0.2) is 17.0 Å². The monoisotopic (exact) mass is 318 g/mol. The van der Waals surface area contributed by atoms with Crippen LogP contribution in [0.5, 0.6) is 0 Å². The van der Waals surface area contributed by atoms with Gasteiger partial charge >= 0.3 is 0 Å². The molecule has 0 amide bonds. The minimum absolute atomic E-state index is 0.763. The van der Waals surface area contributed by atoms with Gasteiger partial charge in [-0.15, -0.1) is 11.8 Å². The first-order valence-corrected chi connectivity index (χ1v) is 5.90. The van der Waals surface area contributed by atoms with Crippen molar-refractivity contribution in [1.82, 2.24) is 0 Å². The van der Waals surface area contributed by atoms with Crippen molar-refractivity contribution in [2.75, 3.05) is 6.26 Å². The van der Waals surface area contributed by atoms with Crippen LogP contribution in [0.25, 0.3) is 0 Å². The number of halogens is 3. The minimum Gasteiger partial charge on any atom is -0.127 e. The molecule has 1 aromatic rings. The molecule has 1 aromatic carbocycles. The number of rotatable bonds is 1. The molecule has 0 bridgehead atoms. The van der Waals surface area contributed by atoms with E-state index in [0.29, 0.717) is 0 Å². The van der Waals surface area contributed by atoms with E-state index in [4.69, 9.17) is 23.2 Å². The van der Waals surface area contributed by atoms with Gasteiger partial charge in [-0.25, -0.2) is 0 Å². The lowest BCUT2D eigenvalue weighted by molar-refractivity contribution is 1.41. The molecule has 0 aromatic heterocycles. The summed E-state index contributed by atoms with van der Waals surface area (Å²) in [6.07, 6.45) is 1.99. The second-order valence-electron chi connectivity index (χ2n) is 1.88. The molecule has 0 atom stereocenters. The molecule has 0 radical (unpaired) electrons. The van der Waals surface area contributed by atoms with Crippen LogP contribution in [-0.2, 0) is 0 Å². The van der Waals surface area contributed by atoms with E-state index in [0.717, 1.165) is 18.5 Å². The lowest BCUT2D eigenvalue weighted by Crippen LogP contribution is -1.80. The smallest absolute Gasteiger partial charge is 0.0553 e. The molecule has 0 fully saturated rings. The van der Waals surface area contributed by atoms with Crippen molar-refractivity contribution >= 4 is 57.6 Å². The first-order chi connectivity index (χ1) is 5.16. The molecule has 0 saturated heterocycles. The molecule has 0 N–H and O–H groups in total. The van der Waals surface area contributed by atoms with E-state index in [9.17, 15) is 0 Å². The Bertz CT molecular complexity index is 275. The molecular weight excluding hydrogens is 314 g/mol. The number of benzene rings is 1. The average molecular weight is 319 g/mol. The van der Waals surface area contributed by atoms with Gasteiger partial charge in [-0.2, -0.15) is 0 Å². The van der Waals surface area contributed by atoms with Crippen LogP contribution in [0.4, 0.5) is 0 Å². The molecule has 1 rings (SSSR count). The topological polar surface area (TPSA) is 0 Å². The molecule has 11 heavy (non-hydrogen) atoms. The number of hydrogen-bond donors (Lipinski definition) is 0. The van der Waals surface area contributed by atoms with Crippen molar-refractivity contribution in [3.05, 3.63) is 25.7 Å². The van der Waals surface area contributed by atoms with Crippen LogP contribution in [0, 0.1) is 3.57 Å². The molecule has 0 heterocycles. The van der Waals surface area contributed by atoms with E-state index < -0.39 is 0 Å². The Balaban J connectivity index is 3.29. The summed E-state index contributed by atoms with van der Waals surface area (Å²) in [4.78, 5) is 1.06. The fourth-order valence-electron chi connectivity index (χ4n) is 0.696. The highest BCUT2D eigenvalue weighted by Gasteiger charge is 2.06. The lowest BCUT2D eigenvalue weighted by atomic mass is 10.4. The normalized spacial score (nSPS) is 10.2. The van der Waals surface area contributed by atoms with Gasteiger partial charge in [-0.05, 0) is 41.0 Å². The van der Waals surface area contributed by atoms with Gasteiger partial charge in [-0.1, -0.05) is 23.2 Å². The minimum atomic E-state index is 0.763. The van der Waals surface area contributed by atoms with Gasteiger partial charge in [0.05, 0.1) is 10.0 Å². The summed E-state index contributed by atoms with van der Waals surface area (Å²) < 4.78 is 1.03. The molecule has 0 saturated carbocycles. The van der Waals surface area contributed by atoms with Crippen molar-refractivity contribution in [2.24, 2.45) is 0 Å². The summed E-state index contributed by atoms with van der Waals surface area (Å²) in [5.41, 5.74) is 0. The van der Waals surface area contributed by atoms with E-state index in [1.807, 2.05) is 18.4 Å². The van der Waals surface area contributed by atoms with Crippen molar-refractivity contribution in [3.63, 3.8) is 0 Å². The molecule has 0 nitrogen and oxygen atoms in total. The van der Waals surface area contributed by atoms with Crippen LogP contribution in [-0.4, -0.2) is 6.26 Å². The molecule has 0 aliphatic rings. The maximum atomic E-state index is 5.92. The molecule has 0 aliphatic heterocycles. The van der Waals surface area contributed by atoms with Crippen molar-refractivity contribution in [2.45, 2.75) is 4.90 Å². The Morgan fingerprint density at radius 1 is 1.27 bits per heavy atom. The number of thioether (sulfide) groups is 1. The van der Waals surface area contributed by atoms with Gasteiger partial charge in [0.15, 0.2) is 0 Å². The summed E-state index contributed by atoms with van der Waals surface area (Å²) in [6.45, 7) is 0. The Labute approximate surface area is 93.8 Å². The van der Waals surface area contributed by atoms with E-state index in [-0.39, 0.29) is 0 Å². The van der Waals surface area contributed by atoms with Crippen LogP contribution < -0.4 is 0 Å². The third kappa shape index (κ3) is 2.17. The standard InChI is InChI=1S/C7H5Cl2IS/c1-11-7-5(9)3-2-4(8)6(7)10/h2-3H,1H3. The van der Waals surface area contributed by atoms with Crippen LogP contribution >= 0.6 is 57.6 Å². The van der Waals surface area contributed by atoms with Crippen LogP contribution in [0.3, 0.4) is 0 Å². The highest BCUT2D eigenvalue weighted by Crippen LogP contribution is 2.34. The summed E-state index contributed by atoms with van der Waals surface area (Å²) >= 11 is 15.6. The highest BCUT2D eigenvalue weighted by molar-refractivity contribution is 14.1. The summed E-state index contributed by atoms with van der Waals surface area (Å²) in [5.74, 6) is 0. The van der Waals surface area contributed by atoms with Crippen molar-refractivity contribution < 1.29 is 0 Å². The SMILES string of the molecule is CSc1c(Cl)ccc(Cl)c1I. The van der Waals surface area contributed by atoms with E-state index in [2.05, 4.69) is 22.6 Å². The zero-order valence-corrected chi connectivity index (χ0v) is 10.2. The van der Waals surface area contributed by atoms with Gasteiger partial charge in [0.25, 0.3) is 0 Å². The first-order valence-electron chi connectivity index (χ1n) is 2.84. The molecule has 60 valence electrons. The summed E-state index contributed by atoms with van der Waals surface area (Å²) in [5, 5.41) is 1.53. The molecular formula is C7H5Cl2IS. The van der Waals surface area contributed by atoms with E-state index in [1.165, 1.54) is 0 Å². The predicted octanol–water partition coefficient (Wildman–Crippen LogP) is 4.32. The Morgan fingerprint density at radius 3 is 2.27 bits per heavy atom. The first kappa shape index (κ1) is 9.96. The zero-order chi connectivity index (χ0) is 8.43. The third-order valence-corrected chi connectivity index (χ3v) is 4.59. The molecule has 0 unspecified atom stereocenters. The fraction of sp³-hybridized carbons (Fsp3) is 0.143. The highest BCUT2D eigenvalue weighted by atomic mass is 127. The van der Waals surface area contributed by atoms with Crippen molar-refractivity contribution in [1.29, 1.82) is 0 Å². The molecule has 0 aliphatic carbocycles. The number of hydrogen-bond acceptors (Lipinski definition) is 1.